The van der Waals surface area contributed by atoms with Crippen molar-refractivity contribution in [2.45, 2.75) is 88.1 Å². The smallest absolute Gasteiger partial charge is 0.303 e. The first-order valence-electron chi connectivity index (χ1n) is 11.1. The molecular weight excluding hydrogens is 462 g/mol. The maximum atomic E-state index is 10.3. The molecule has 202 valence electrons. The monoisotopic (exact) mass is 501 g/mol. The van der Waals surface area contributed by atoms with Gasteiger partial charge in [-0.25, -0.2) is 0 Å². The minimum atomic E-state index is -1.74. The molecule has 14 nitrogen and oxygen atoms in total. The molecular formula is C20H39NO13. The predicted molar refractivity (Wildman–Crippen MR) is 113 cm³/mol. The van der Waals surface area contributed by atoms with Gasteiger partial charge in [-0.15, -0.1) is 0 Å². The van der Waals surface area contributed by atoms with Crippen LogP contribution in [0.25, 0.3) is 0 Å². The van der Waals surface area contributed by atoms with E-state index in [0.717, 1.165) is 6.42 Å². The number of aliphatic hydroxyl groups is 8. The summed E-state index contributed by atoms with van der Waals surface area (Å²) in [6.45, 7) is 3.28. The van der Waals surface area contributed by atoms with E-state index in [4.69, 9.17) is 30.2 Å². The molecule has 0 saturated carbocycles. The van der Waals surface area contributed by atoms with Crippen LogP contribution in [0.2, 0.25) is 0 Å². The number of carboxylic acids is 1. The number of nitrogens with two attached hydrogens (primary N) is 1. The molecule has 2 saturated heterocycles. The predicted octanol–water partition coefficient (Wildman–Crippen LogP) is -4.32. The molecule has 11 N–H and O–H groups in total. The Labute approximate surface area is 197 Å². The molecule has 0 bridgehead atoms. The summed E-state index contributed by atoms with van der Waals surface area (Å²) < 4.78 is 15.3. The van der Waals surface area contributed by atoms with Crippen LogP contribution in [0, 0.1) is 11.8 Å². The molecule has 11 atom stereocenters. The van der Waals surface area contributed by atoms with Gasteiger partial charge in [-0.05, 0) is 24.8 Å². The number of aliphatic carboxylic acids is 1. The standard InChI is InChI=1S/C12H22O11.C8H17NO2/c13-1-3-5(15)6(16)9(19)12(22-3)23-10-4(2-14)21-11(20)8(18)7(10)17;1-6(2)3-7(5-9)4-8(10)11/h3-20H,1-2H2;6-7H,3-5,9H2,1-2H3,(H,10,11)/t3-,4-,5+,6+,7-,8-,9-,10-,11?,12+;7-/m10/s1. The van der Waals surface area contributed by atoms with Crippen LogP contribution in [0.5, 0.6) is 0 Å². The Bertz CT molecular complexity index is 593. The first kappa shape index (κ1) is 31.0. The molecule has 2 rings (SSSR count). The second-order valence-corrected chi connectivity index (χ2v) is 8.86. The Morgan fingerprint density at radius 1 is 0.882 bits per heavy atom. The number of ether oxygens (including phenoxy) is 3. The molecule has 0 aromatic rings. The van der Waals surface area contributed by atoms with Gasteiger partial charge in [0.25, 0.3) is 0 Å². The highest BCUT2D eigenvalue weighted by molar-refractivity contribution is 5.67. The summed E-state index contributed by atoms with van der Waals surface area (Å²) in [5.41, 5.74) is 5.41. The van der Waals surface area contributed by atoms with E-state index in [0.29, 0.717) is 12.5 Å². The van der Waals surface area contributed by atoms with Gasteiger partial charge in [0, 0.05) is 6.42 Å². The SMILES string of the molecule is CC(C)C[C@H](CN)CC(=O)O.OC[C@H]1O[C@@H](O[C@H]2[C@H](O)[C@@H](O)C(O)O[C@@H]2CO)[C@H](O)[C@@H](O)[C@H]1O. The Balaban J connectivity index is 0.000000445. The summed E-state index contributed by atoms with van der Waals surface area (Å²) >= 11 is 0. The van der Waals surface area contributed by atoms with Crippen molar-refractivity contribution in [1.82, 2.24) is 0 Å². The van der Waals surface area contributed by atoms with E-state index in [1.54, 1.807) is 0 Å². The topological polar surface area (TPSA) is 253 Å². The van der Waals surface area contributed by atoms with Gasteiger partial charge in [-0.3, -0.25) is 4.79 Å². The second-order valence-electron chi connectivity index (χ2n) is 8.86. The quantitative estimate of drug-likeness (QED) is 0.143. The summed E-state index contributed by atoms with van der Waals surface area (Å²) in [6.07, 6.45) is -14.5. The first-order chi connectivity index (χ1) is 15.9. The highest BCUT2D eigenvalue weighted by Gasteiger charge is 2.50. The Kier molecular flexibility index (Phi) is 13.3. The zero-order valence-corrected chi connectivity index (χ0v) is 19.2. The largest absolute Gasteiger partial charge is 0.481 e. The van der Waals surface area contributed by atoms with E-state index in [2.05, 4.69) is 13.8 Å². The minimum absolute atomic E-state index is 0.146. The molecule has 0 aromatic heterocycles. The van der Waals surface area contributed by atoms with Gasteiger partial charge >= 0.3 is 5.97 Å². The average Bonchev–Trinajstić information content (AvgIpc) is 2.78. The van der Waals surface area contributed by atoms with Crippen LogP contribution in [0.1, 0.15) is 26.7 Å². The van der Waals surface area contributed by atoms with Crippen LogP contribution in [-0.4, -0.2) is 133 Å². The molecule has 0 aromatic carbocycles. The van der Waals surface area contributed by atoms with E-state index in [-0.39, 0.29) is 12.3 Å². The third-order valence-corrected chi connectivity index (χ3v) is 5.58. The Morgan fingerprint density at radius 3 is 1.94 bits per heavy atom. The van der Waals surface area contributed by atoms with Crippen molar-refractivity contribution in [3.05, 3.63) is 0 Å². The molecule has 1 unspecified atom stereocenters. The van der Waals surface area contributed by atoms with E-state index in [1.165, 1.54) is 0 Å². The molecule has 14 heteroatoms. The maximum absolute atomic E-state index is 10.3. The van der Waals surface area contributed by atoms with Crippen LogP contribution in [0.3, 0.4) is 0 Å². The Morgan fingerprint density at radius 2 is 1.47 bits per heavy atom. The maximum Gasteiger partial charge on any atom is 0.303 e. The highest BCUT2D eigenvalue weighted by atomic mass is 16.7. The normalized spacial score (nSPS) is 39.3. The molecule has 0 aliphatic carbocycles. The number of hydrogen-bond donors (Lipinski definition) is 10. The van der Waals surface area contributed by atoms with Crippen molar-refractivity contribution in [1.29, 1.82) is 0 Å². The number of rotatable bonds is 9. The highest BCUT2D eigenvalue weighted by Crippen LogP contribution is 2.28. The molecule has 0 radical (unpaired) electrons. The minimum Gasteiger partial charge on any atom is -0.481 e. The molecule has 2 fully saturated rings. The summed E-state index contributed by atoms with van der Waals surface area (Å²) in [5, 5.41) is 85.0. The van der Waals surface area contributed by atoms with Crippen LogP contribution >= 0.6 is 0 Å². The van der Waals surface area contributed by atoms with Crippen molar-refractivity contribution >= 4 is 5.97 Å². The van der Waals surface area contributed by atoms with E-state index >= 15 is 0 Å². The van der Waals surface area contributed by atoms with Gasteiger partial charge in [0.1, 0.15) is 48.8 Å². The van der Waals surface area contributed by atoms with Crippen molar-refractivity contribution in [2.75, 3.05) is 19.8 Å². The zero-order valence-electron chi connectivity index (χ0n) is 19.2. The summed E-state index contributed by atoms with van der Waals surface area (Å²) in [6, 6.07) is 0. The number of aliphatic hydroxyl groups excluding tert-OH is 8. The molecule has 2 heterocycles. The lowest BCUT2D eigenvalue weighted by atomic mass is 9.94. The molecule has 34 heavy (non-hydrogen) atoms. The third-order valence-electron chi connectivity index (χ3n) is 5.58. The summed E-state index contributed by atoms with van der Waals surface area (Å²) in [7, 11) is 0. The Hall–Kier alpha value is -1.01. The fourth-order valence-corrected chi connectivity index (χ4v) is 3.75. The van der Waals surface area contributed by atoms with Gasteiger partial charge < -0.3 is 65.9 Å². The number of carboxylic acid groups (broad SMARTS) is 1. The van der Waals surface area contributed by atoms with E-state index in [9.17, 15) is 40.5 Å². The van der Waals surface area contributed by atoms with E-state index < -0.39 is 80.6 Å². The van der Waals surface area contributed by atoms with Gasteiger partial charge in [0.05, 0.1) is 13.2 Å². The van der Waals surface area contributed by atoms with Crippen LogP contribution in [0.15, 0.2) is 0 Å². The second kappa shape index (κ2) is 14.5. The van der Waals surface area contributed by atoms with Crippen molar-refractivity contribution < 1.29 is 65.0 Å². The van der Waals surface area contributed by atoms with Crippen molar-refractivity contribution in [2.24, 2.45) is 17.6 Å². The molecule has 0 amide bonds. The van der Waals surface area contributed by atoms with Crippen LogP contribution in [0.4, 0.5) is 0 Å². The van der Waals surface area contributed by atoms with Crippen molar-refractivity contribution in [3.63, 3.8) is 0 Å². The van der Waals surface area contributed by atoms with E-state index in [1.807, 2.05) is 0 Å². The molecule has 0 spiro atoms. The summed E-state index contributed by atoms with van der Waals surface area (Å²) in [4.78, 5) is 10.3. The third kappa shape index (κ3) is 8.58. The van der Waals surface area contributed by atoms with Gasteiger partial charge in [0.15, 0.2) is 12.6 Å². The zero-order chi connectivity index (χ0) is 26.2. The van der Waals surface area contributed by atoms with Crippen LogP contribution in [-0.2, 0) is 19.0 Å². The van der Waals surface area contributed by atoms with Gasteiger partial charge in [-0.1, -0.05) is 13.8 Å². The van der Waals surface area contributed by atoms with Crippen molar-refractivity contribution in [3.8, 4) is 0 Å². The number of carbonyl (C=O) groups is 1. The lowest BCUT2D eigenvalue weighted by Gasteiger charge is -2.45. The lowest BCUT2D eigenvalue weighted by molar-refractivity contribution is -0.355. The van der Waals surface area contributed by atoms with Crippen LogP contribution < -0.4 is 5.73 Å². The summed E-state index contributed by atoms with van der Waals surface area (Å²) in [5.74, 6) is -0.0727. The molecule has 2 aliphatic rings. The lowest BCUT2D eigenvalue weighted by Crippen LogP contribution is -2.64. The first-order valence-corrected chi connectivity index (χ1v) is 11.1. The van der Waals surface area contributed by atoms with Gasteiger partial charge in [-0.2, -0.15) is 0 Å². The number of hydrogen-bond acceptors (Lipinski definition) is 13. The fourth-order valence-electron chi connectivity index (χ4n) is 3.75. The average molecular weight is 502 g/mol. The molecule has 2 aliphatic heterocycles. The van der Waals surface area contributed by atoms with Gasteiger partial charge in [0.2, 0.25) is 0 Å². The fraction of sp³-hybridized carbons (Fsp3) is 0.950.